The van der Waals surface area contributed by atoms with Gasteiger partial charge in [-0.3, -0.25) is 0 Å². The molecule has 19 heavy (non-hydrogen) atoms. The second-order valence-corrected chi connectivity index (χ2v) is 7.24. The van der Waals surface area contributed by atoms with E-state index >= 15 is 0 Å². The lowest BCUT2D eigenvalue weighted by atomic mass is 10.2. The molecule has 0 radical (unpaired) electrons. The largest absolute Gasteiger partial charge is 0.484 e. The molecule has 1 aromatic carbocycles. The van der Waals surface area contributed by atoms with E-state index in [2.05, 4.69) is 0 Å². The summed E-state index contributed by atoms with van der Waals surface area (Å²) in [6.45, 7) is 1.07. The molecule has 0 bridgehead atoms. The Balaban J connectivity index is 2.35. The van der Waals surface area contributed by atoms with Gasteiger partial charge in [0, 0.05) is 18.9 Å². The van der Waals surface area contributed by atoms with E-state index in [1.807, 2.05) is 19.0 Å². The molecule has 0 saturated carbocycles. The van der Waals surface area contributed by atoms with Crippen molar-refractivity contribution in [3.05, 3.63) is 17.2 Å². The van der Waals surface area contributed by atoms with Gasteiger partial charge < -0.3 is 14.4 Å². The monoisotopic (exact) mass is 305 g/mol. The average Bonchev–Trinajstić information content (AvgIpc) is 2.26. The third-order valence-corrected chi connectivity index (χ3v) is 4.06. The molecule has 2 rings (SSSR count). The molecule has 1 aliphatic rings. The Morgan fingerprint density at radius 3 is 2.68 bits per heavy atom. The third-order valence-electron chi connectivity index (χ3n) is 2.69. The van der Waals surface area contributed by atoms with Gasteiger partial charge in [-0.25, -0.2) is 8.42 Å². The Bertz CT molecular complexity index is 586. The molecule has 0 amide bonds. The summed E-state index contributed by atoms with van der Waals surface area (Å²) in [5.74, 6) is 0.787. The van der Waals surface area contributed by atoms with Gasteiger partial charge in [0.05, 0.1) is 9.92 Å². The van der Waals surface area contributed by atoms with Gasteiger partial charge in [-0.1, -0.05) is 11.6 Å². The topological polar surface area (TPSA) is 55.8 Å². The summed E-state index contributed by atoms with van der Waals surface area (Å²) in [6.07, 6.45) is 0.986. The van der Waals surface area contributed by atoms with Crippen LogP contribution in [-0.2, 0) is 9.84 Å². The Hall–Kier alpha value is -0.980. The van der Waals surface area contributed by atoms with Crippen molar-refractivity contribution in [2.75, 3.05) is 33.5 Å². The van der Waals surface area contributed by atoms with Crippen LogP contribution in [0.5, 0.6) is 11.5 Å². The molecule has 0 saturated heterocycles. The zero-order valence-electron chi connectivity index (χ0n) is 11.0. The first-order chi connectivity index (χ1) is 8.77. The second kappa shape index (κ2) is 5.19. The van der Waals surface area contributed by atoms with Crippen LogP contribution in [0.1, 0.15) is 0 Å². The molecule has 0 aliphatic carbocycles. The smallest absolute Gasteiger partial charge is 0.180 e. The highest BCUT2D eigenvalue weighted by molar-refractivity contribution is 7.90. The quantitative estimate of drug-likeness (QED) is 0.846. The summed E-state index contributed by atoms with van der Waals surface area (Å²) in [6, 6.07) is 2.84. The number of hydrogen-bond donors (Lipinski definition) is 0. The van der Waals surface area contributed by atoms with Crippen molar-refractivity contribution in [3.63, 3.8) is 0 Å². The lowest BCUT2D eigenvalue weighted by Crippen LogP contribution is -2.38. The van der Waals surface area contributed by atoms with Crippen molar-refractivity contribution < 1.29 is 17.9 Å². The average molecular weight is 306 g/mol. The van der Waals surface area contributed by atoms with Crippen LogP contribution < -0.4 is 9.47 Å². The summed E-state index contributed by atoms with van der Waals surface area (Å²) in [7, 11) is 0.529. The van der Waals surface area contributed by atoms with E-state index in [9.17, 15) is 8.42 Å². The first kappa shape index (κ1) is 14.4. The van der Waals surface area contributed by atoms with Crippen molar-refractivity contribution in [2.24, 2.45) is 0 Å². The highest BCUT2D eigenvalue weighted by atomic mass is 35.5. The predicted octanol–water partition coefficient (Wildman–Crippen LogP) is 1.44. The fraction of sp³-hybridized carbons (Fsp3) is 0.500. The minimum absolute atomic E-state index is 0.130. The van der Waals surface area contributed by atoms with E-state index in [4.69, 9.17) is 21.1 Å². The fourth-order valence-electron chi connectivity index (χ4n) is 1.87. The zero-order valence-corrected chi connectivity index (χ0v) is 12.6. The van der Waals surface area contributed by atoms with Crippen molar-refractivity contribution >= 4 is 21.4 Å². The van der Waals surface area contributed by atoms with Gasteiger partial charge in [0.1, 0.15) is 12.7 Å². The van der Waals surface area contributed by atoms with E-state index in [0.717, 1.165) is 6.26 Å². The summed E-state index contributed by atoms with van der Waals surface area (Å²) in [5, 5.41) is 0.251. The number of fused-ring (bicyclic) bond motifs is 1. The van der Waals surface area contributed by atoms with Gasteiger partial charge in [-0.2, -0.15) is 0 Å². The van der Waals surface area contributed by atoms with E-state index < -0.39 is 9.84 Å². The highest BCUT2D eigenvalue weighted by Gasteiger charge is 2.25. The SMILES string of the molecule is CN(C)C[C@H]1COc2c(Cl)cc(S(C)(=O)=O)cc2O1. The minimum Gasteiger partial charge on any atom is -0.484 e. The molecular weight excluding hydrogens is 290 g/mol. The Morgan fingerprint density at radius 1 is 1.42 bits per heavy atom. The van der Waals surface area contributed by atoms with Crippen LogP contribution in [0.15, 0.2) is 17.0 Å². The lowest BCUT2D eigenvalue weighted by molar-refractivity contribution is 0.0708. The normalized spacial score (nSPS) is 18.7. The maximum Gasteiger partial charge on any atom is 0.180 e. The summed E-state index contributed by atoms with van der Waals surface area (Å²) in [5.41, 5.74) is 0. The number of sulfone groups is 1. The fourth-order valence-corrected chi connectivity index (χ4v) is 2.86. The zero-order chi connectivity index (χ0) is 14.2. The number of ether oxygens (including phenoxy) is 2. The van der Waals surface area contributed by atoms with Gasteiger partial charge in [0.25, 0.3) is 0 Å². The summed E-state index contributed by atoms with van der Waals surface area (Å²) >= 11 is 6.03. The van der Waals surface area contributed by atoms with Crippen LogP contribution >= 0.6 is 11.6 Å². The molecule has 0 spiro atoms. The minimum atomic E-state index is -3.33. The van der Waals surface area contributed by atoms with Crippen LogP contribution in [0.4, 0.5) is 0 Å². The number of hydrogen-bond acceptors (Lipinski definition) is 5. The summed E-state index contributed by atoms with van der Waals surface area (Å²) < 4.78 is 34.4. The molecular formula is C12H16ClNO4S. The van der Waals surface area contributed by atoms with E-state index in [-0.39, 0.29) is 16.0 Å². The molecule has 1 aliphatic heterocycles. The standard InChI is InChI=1S/C12H16ClNO4S/c1-14(2)6-8-7-17-12-10(13)4-9(19(3,15)16)5-11(12)18-8/h4-5,8H,6-7H2,1-3H3/t8-/m0/s1. The molecule has 7 heteroatoms. The van der Waals surface area contributed by atoms with E-state index in [0.29, 0.717) is 24.7 Å². The lowest BCUT2D eigenvalue weighted by Gasteiger charge is -2.29. The van der Waals surface area contributed by atoms with Crippen molar-refractivity contribution in [2.45, 2.75) is 11.0 Å². The molecule has 1 heterocycles. The molecule has 0 aromatic heterocycles. The highest BCUT2D eigenvalue weighted by Crippen LogP contribution is 2.40. The number of halogens is 1. The molecule has 1 aromatic rings. The first-order valence-corrected chi connectivity index (χ1v) is 8.02. The molecule has 0 N–H and O–H groups in total. The van der Waals surface area contributed by atoms with Gasteiger partial charge in [-0.15, -0.1) is 0 Å². The van der Waals surface area contributed by atoms with Crippen molar-refractivity contribution in [1.29, 1.82) is 0 Å². The van der Waals surface area contributed by atoms with E-state index in [1.54, 1.807) is 0 Å². The molecule has 0 unspecified atom stereocenters. The maximum atomic E-state index is 11.6. The Kier molecular flexibility index (Phi) is 3.94. The van der Waals surface area contributed by atoms with Crippen LogP contribution in [0.3, 0.4) is 0 Å². The van der Waals surface area contributed by atoms with Gasteiger partial charge in [0.2, 0.25) is 0 Å². The maximum absolute atomic E-state index is 11.6. The van der Waals surface area contributed by atoms with E-state index in [1.165, 1.54) is 12.1 Å². The first-order valence-electron chi connectivity index (χ1n) is 5.75. The molecule has 1 atom stereocenters. The van der Waals surface area contributed by atoms with Gasteiger partial charge in [-0.05, 0) is 20.2 Å². The van der Waals surface area contributed by atoms with Crippen molar-refractivity contribution in [3.8, 4) is 11.5 Å². The number of nitrogens with zero attached hydrogens (tertiary/aromatic N) is 1. The van der Waals surface area contributed by atoms with Crippen LogP contribution in [-0.4, -0.2) is 52.9 Å². The Labute approximate surface area is 118 Å². The second-order valence-electron chi connectivity index (χ2n) is 4.82. The van der Waals surface area contributed by atoms with Crippen LogP contribution in [0.25, 0.3) is 0 Å². The predicted molar refractivity (Wildman–Crippen MR) is 73.0 cm³/mol. The van der Waals surface area contributed by atoms with Crippen molar-refractivity contribution in [1.82, 2.24) is 4.90 Å². The Morgan fingerprint density at radius 2 is 2.11 bits per heavy atom. The number of benzene rings is 1. The van der Waals surface area contributed by atoms with Gasteiger partial charge in [0.15, 0.2) is 21.3 Å². The number of rotatable bonds is 3. The molecule has 106 valence electrons. The molecule has 5 nitrogen and oxygen atoms in total. The molecule has 0 fully saturated rings. The van der Waals surface area contributed by atoms with Gasteiger partial charge >= 0.3 is 0 Å². The van der Waals surface area contributed by atoms with Crippen LogP contribution in [0, 0.1) is 0 Å². The third kappa shape index (κ3) is 3.32. The van der Waals surface area contributed by atoms with Crippen LogP contribution in [0.2, 0.25) is 5.02 Å². The number of likely N-dealkylation sites (N-methyl/N-ethyl adjacent to an activating group) is 1. The summed E-state index contributed by atoms with van der Waals surface area (Å²) in [4.78, 5) is 2.10.